The highest BCUT2D eigenvalue weighted by molar-refractivity contribution is 6.34. The minimum Gasteiger partial charge on any atom is -0.497 e. The van der Waals surface area contributed by atoms with Gasteiger partial charge in [0.05, 0.1) is 23.2 Å². The van der Waals surface area contributed by atoms with Gasteiger partial charge in [0.2, 0.25) is 0 Å². The van der Waals surface area contributed by atoms with E-state index in [1.807, 2.05) is 37.3 Å². The second-order valence-electron chi connectivity index (χ2n) is 6.84. The van der Waals surface area contributed by atoms with E-state index in [0.717, 1.165) is 48.4 Å². The minimum atomic E-state index is -0.104. The number of rotatable bonds is 7. The van der Waals surface area contributed by atoms with Gasteiger partial charge in [-0.25, -0.2) is 0 Å². The van der Waals surface area contributed by atoms with Crippen LogP contribution in [0.15, 0.2) is 42.5 Å². The molecular weight excluding hydrogens is 372 g/mol. The Bertz CT molecular complexity index is 990. The summed E-state index contributed by atoms with van der Waals surface area (Å²) in [6.45, 7) is 9.32. The monoisotopic (exact) mass is 398 g/mol. The first-order chi connectivity index (χ1) is 13.5. The fourth-order valence-corrected chi connectivity index (χ4v) is 3.95. The van der Waals surface area contributed by atoms with Crippen molar-refractivity contribution in [2.75, 3.05) is 26.7 Å². The molecule has 0 fully saturated rings. The molecule has 0 aliphatic carbocycles. The molecule has 0 spiro atoms. The number of ether oxygens (including phenoxy) is 1. The number of likely N-dealkylation sites (N-methyl/N-ethyl adjacent to an activating group) is 1. The number of halogens is 1. The zero-order valence-electron chi connectivity index (χ0n) is 17.0. The Balaban J connectivity index is 2.14. The van der Waals surface area contributed by atoms with Gasteiger partial charge >= 0.3 is 0 Å². The van der Waals surface area contributed by atoms with Crippen LogP contribution in [-0.4, -0.2) is 42.1 Å². The Kier molecular flexibility index (Phi) is 6.42. The molecule has 0 bridgehead atoms. The third-order valence-electron chi connectivity index (χ3n) is 5.42. The molecule has 0 saturated heterocycles. The van der Waals surface area contributed by atoms with E-state index in [2.05, 4.69) is 18.7 Å². The summed E-state index contributed by atoms with van der Waals surface area (Å²) in [7, 11) is 1.66. The topological polar surface area (TPSA) is 34.5 Å². The molecule has 3 rings (SSSR count). The largest absolute Gasteiger partial charge is 0.497 e. The second kappa shape index (κ2) is 8.80. The molecule has 0 aliphatic rings. The van der Waals surface area contributed by atoms with Crippen molar-refractivity contribution < 1.29 is 9.53 Å². The van der Waals surface area contributed by atoms with Crippen molar-refractivity contribution in [3.63, 3.8) is 0 Å². The van der Waals surface area contributed by atoms with Crippen LogP contribution >= 0.6 is 11.6 Å². The maximum atomic E-state index is 13.4. The molecule has 1 aromatic heterocycles. The van der Waals surface area contributed by atoms with E-state index in [4.69, 9.17) is 16.3 Å². The van der Waals surface area contributed by atoms with Gasteiger partial charge in [-0.15, -0.1) is 0 Å². The van der Waals surface area contributed by atoms with Gasteiger partial charge in [-0.1, -0.05) is 37.6 Å². The number of fused-ring (bicyclic) bond motifs is 1. The van der Waals surface area contributed by atoms with Crippen molar-refractivity contribution in [3.8, 4) is 5.75 Å². The number of aromatic nitrogens is 1. The normalized spacial score (nSPS) is 11.4. The van der Waals surface area contributed by atoms with Crippen LogP contribution in [0, 0.1) is 6.92 Å². The van der Waals surface area contributed by atoms with Gasteiger partial charge < -0.3 is 9.64 Å². The van der Waals surface area contributed by atoms with Gasteiger partial charge in [-0.05, 0) is 62.3 Å². The Hall–Kier alpha value is -2.30. The van der Waals surface area contributed by atoms with Crippen LogP contribution in [0.2, 0.25) is 5.02 Å². The zero-order valence-corrected chi connectivity index (χ0v) is 17.7. The van der Waals surface area contributed by atoms with Crippen LogP contribution < -0.4 is 4.74 Å². The van der Waals surface area contributed by atoms with Gasteiger partial charge in [0.25, 0.3) is 5.91 Å². The molecule has 0 radical (unpaired) electrons. The van der Waals surface area contributed by atoms with Crippen LogP contribution in [-0.2, 0) is 6.42 Å². The molecule has 0 aliphatic heterocycles. The highest BCUT2D eigenvalue weighted by Crippen LogP contribution is 2.31. The Morgan fingerprint density at radius 3 is 2.50 bits per heavy atom. The lowest BCUT2D eigenvalue weighted by atomic mass is 10.1. The third kappa shape index (κ3) is 3.80. The minimum absolute atomic E-state index is 0.104. The van der Waals surface area contributed by atoms with Gasteiger partial charge in [-0.2, -0.15) is 0 Å². The number of carbonyl (C=O) groups is 1. The average Bonchev–Trinajstić information content (AvgIpc) is 2.99. The van der Waals surface area contributed by atoms with E-state index in [9.17, 15) is 4.79 Å². The molecule has 2 aromatic carbocycles. The van der Waals surface area contributed by atoms with Crippen molar-refractivity contribution in [2.24, 2.45) is 0 Å². The van der Waals surface area contributed by atoms with Crippen molar-refractivity contribution >= 4 is 28.4 Å². The molecule has 0 N–H and O–H groups in total. The van der Waals surface area contributed by atoms with Crippen LogP contribution in [0.1, 0.15) is 35.5 Å². The molecular formula is C23H27ClN2O2. The summed E-state index contributed by atoms with van der Waals surface area (Å²) in [4.78, 5) is 15.7. The molecule has 1 heterocycles. The number of hydrogen-bond acceptors (Lipinski definition) is 3. The number of benzene rings is 2. The predicted molar refractivity (Wildman–Crippen MR) is 116 cm³/mol. The van der Waals surface area contributed by atoms with E-state index in [1.165, 1.54) is 5.56 Å². The van der Waals surface area contributed by atoms with E-state index >= 15 is 0 Å². The smallest absolute Gasteiger partial charge is 0.264 e. The Morgan fingerprint density at radius 2 is 1.86 bits per heavy atom. The maximum Gasteiger partial charge on any atom is 0.264 e. The number of carbonyl (C=O) groups excluding carboxylic acids is 1. The van der Waals surface area contributed by atoms with Crippen molar-refractivity contribution in [2.45, 2.75) is 27.2 Å². The summed E-state index contributed by atoms with van der Waals surface area (Å²) in [5.41, 5.74) is 3.54. The summed E-state index contributed by atoms with van der Waals surface area (Å²) >= 11 is 6.31. The number of methoxy groups -OCH3 is 1. The Morgan fingerprint density at radius 1 is 1.14 bits per heavy atom. The summed E-state index contributed by atoms with van der Waals surface area (Å²) < 4.78 is 7.22. The molecule has 148 valence electrons. The molecule has 28 heavy (non-hydrogen) atoms. The standard InChI is InChI=1S/C23H27ClN2O2/c1-5-25(6-2)14-13-18-16(3)26(22-12-11-17(28-4)15-20(18)22)23(27)19-9-7-8-10-21(19)24/h7-12,15H,5-6,13-14H2,1-4H3. The predicted octanol–water partition coefficient (Wildman–Crippen LogP) is 5.18. The highest BCUT2D eigenvalue weighted by atomic mass is 35.5. The summed E-state index contributed by atoms with van der Waals surface area (Å²) in [6.07, 6.45) is 0.875. The first kappa shape index (κ1) is 20.4. The molecule has 3 aromatic rings. The van der Waals surface area contributed by atoms with Crippen LogP contribution in [0.3, 0.4) is 0 Å². The second-order valence-corrected chi connectivity index (χ2v) is 7.25. The summed E-state index contributed by atoms with van der Waals surface area (Å²) in [5.74, 6) is 0.686. The lowest BCUT2D eigenvalue weighted by molar-refractivity contribution is 0.0963. The van der Waals surface area contributed by atoms with Gasteiger partial charge in [-0.3, -0.25) is 9.36 Å². The first-order valence-electron chi connectivity index (χ1n) is 9.71. The number of nitrogens with zero attached hydrogens (tertiary/aromatic N) is 2. The molecule has 0 saturated carbocycles. The SMILES string of the molecule is CCN(CC)CCc1c(C)n(C(=O)c2ccccc2Cl)c2ccc(OC)cc12. The third-order valence-corrected chi connectivity index (χ3v) is 5.75. The van der Waals surface area contributed by atoms with Crippen LogP contribution in [0.25, 0.3) is 10.9 Å². The Labute approximate surface area is 171 Å². The molecule has 0 atom stereocenters. The van der Waals surface area contributed by atoms with Gasteiger partial charge in [0.15, 0.2) is 0 Å². The van der Waals surface area contributed by atoms with Crippen LogP contribution in [0.4, 0.5) is 0 Å². The molecule has 0 amide bonds. The fraction of sp³-hybridized carbons (Fsp3) is 0.348. The van der Waals surface area contributed by atoms with E-state index in [-0.39, 0.29) is 5.91 Å². The molecule has 0 unspecified atom stereocenters. The van der Waals surface area contributed by atoms with E-state index in [0.29, 0.717) is 10.6 Å². The van der Waals surface area contributed by atoms with E-state index in [1.54, 1.807) is 23.8 Å². The van der Waals surface area contributed by atoms with Crippen molar-refractivity contribution in [1.82, 2.24) is 9.47 Å². The highest BCUT2D eigenvalue weighted by Gasteiger charge is 2.22. The van der Waals surface area contributed by atoms with Crippen LogP contribution in [0.5, 0.6) is 5.75 Å². The van der Waals surface area contributed by atoms with E-state index < -0.39 is 0 Å². The summed E-state index contributed by atoms with van der Waals surface area (Å²) in [6, 6.07) is 13.1. The fourth-order valence-electron chi connectivity index (χ4n) is 3.73. The average molecular weight is 399 g/mol. The lowest BCUT2D eigenvalue weighted by Crippen LogP contribution is -2.25. The molecule has 5 heteroatoms. The van der Waals surface area contributed by atoms with Crippen molar-refractivity contribution in [1.29, 1.82) is 0 Å². The quantitative estimate of drug-likeness (QED) is 0.549. The summed E-state index contributed by atoms with van der Waals surface area (Å²) in [5, 5.41) is 1.52. The first-order valence-corrected chi connectivity index (χ1v) is 10.1. The van der Waals surface area contributed by atoms with Gasteiger partial charge in [0.1, 0.15) is 5.75 Å². The number of hydrogen-bond donors (Lipinski definition) is 0. The lowest BCUT2D eigenvalue weighted by Gasteiger charge is -2.18. The molecule has 4 nitrogen and oxygen atoms in total. The zero-order chi connectivity index (χ0) is 20.3. The van der Waals surface area contributed by atoms with Crippen molar-refractivity contribution in [3.05, 3.63) is 64.3 Å². The van der Waals surface area contributed by atoms with Gasteiger partial charge in [0, 0.05) is 17.6 Å². The maximum absolute atomic E-state index is 13.4.